The Morgan fingerprint density at radius 3 is 2.48 bits per heavy atom. The Bertz CT molecular complexity index is 977. The van der Waals surface area contributed by atoms with Crippen molar-refractivity contribution in [3.8, 4) is 0 Å². The summed E-state index contributed by atoms with van der Waals surface area (Å²) in [4.78, 5) is 42.3. The normalized spacial score (nSPS) is 11.1. The summed E-state index contributed by atoms with van der Waals surface area (Å²) in [6, 6.07) is 7.81. The number of aromatic amines is 1. The lowest BCUT2D eigenvalue weighted by Crippen LogP contribution is -2.41. The van der Waals surface area contributed by atoms with Crippen molar-refractivity contribution >= 4 is 35.3 Å². The van der Waals surface area contributed by atoms with Crippen LogP contribution < -0.4 is 21.9 Å². The molecule has 156 valence electrons. The molecule has 0 bridgehead atoms. The number of hydrogen-bond acceptors (Lipinski definition) is 5. The zero-order chi connectivity index (χ0) is 21.4. The summed E-state index contributed by atoms with van der Waals surface area (Å²) < 4.78 is 1.30. The highest BCUT2D eigenvalue weighted by Gasteiger charge is 2.22. The van der Waals surface area contributed by atoms with E-state index in [1.807, 2.05) is 44.4 Å². The number of unbranched alkanes of at least 4 members (excludes halogenated alkanes) is 1. The van der Waals surface area contributed by atoms with E-state index in [1.54, 1.807) is 17.8 Å². The van der Waals surface area contributed by atoms with Crippen molar-refractivity contribution in [3.05, 3.63) is 56.7 Å². The number of nitrogens with two attached hydrogens (primary N) is 1. The fraction of sp³-hybridized carbons (Fsp3) is 0.381. The van der Waals surface area contributed by atoms with Crippen molar-refractivity contribution in [1.82, 2.24) is 9.55 Å². The van der Waals surface area contributed by atoms with Gasteiger partial charge in [-0.2, -0.15) is 0 Å². The quantitative estimate of drug-likeness (QED) is 0.483. The van der Waals surface area contributed by atoms with Crippen LogP contribution in [0.2, 0.25) is 0 Å². The first-order valence-corrected chi connectivity index (χ1v) is 10.9. The number of thioether (sulfide) groups is 1. The van der Waals surface area contributed by atoms with Crippen molar-refractivity contribution in [1.29, 1.82) is 0 Å². The lowest BCUT2D eigenvalue weighted by molar-refractivity contribution is -0.114. The summed E-state index contributed by atoms with van der Waals surface area (Å²) in [6.45, 7) is 4.60. The van der Waals surface area contributed by atoms with Crippen LogP contribution in [0.5, 0.6) is 0 Å². The molecule has 1 aromatic heterocycles. The fourth-order valence-electron chi connectivity index (χ4n) is 2.90. The largest absolute Gasteiger partial charge is 0.383 e. The molecule has 1 aromatic carbocycles. The average Bonchev–Trinajstić information content (AvgIpc) is 2.71. The number of amides is 1. The maximum Gasteiger partial charge on any atom is 0.330 e. The first-order chi connectivity index (χ1) is 13.9. The molecule has 0 radical (unpaired) electrons. The minimum absolute atomic E-state index is 0.0165. The van der Waals surface area contributed by atoms with Crippen LogP contribution in [-0.4, -0.2) is 28.3 Å². The van der Waals surface area contributed by atoms with Crippen LogP contribution in [-0.2, 0) is 11.3 Å². The monoisotopic (exact) mass is 416 g/mol. The van der Waals surface area contributed by atoms with E-state index in [0.717, 1.165) is 16.9 Å². The smallest absolute Gasteiger partial charge is 0.330 e. The summed E-state index contributed by atoms with van der Waals surface area (Å²) in [6.07, 6.45) is 7.35. The van der Waals surface area contributed by atoms with Crippen molar-refractivity contribution < 1.29 is 4.79 Å². The van der Waals surface area contributed by atoms with Gasteiger partial charge in [0.1, 0.15) is 5.82 Å². The molecule has 1 heterocycles. The van der Waals surface area contributed by atoms with Gasteiger partial charge in [0.2, 0.25) is 0 Å². The average molecular weight is 417 g/mol. The molecule has 2 aromatic rings. The van der Waals surface area contributed by atoms with E-state index in [1.165, 1.54) is 15.5 Å². The number of carbonyl (C=O) groups excluding carboxylic acids is 1. The number of hydrogen-bond donors (Lipinski definition) is 2. The van der Waals surface area contributed by atoms with Gasteiger partial charge in [-0.1, -0.05) is 32.4 Å². The minimum atomic E-state index is -0.651. The predicted octanol–water partition coefficient (Wildman–Crippen LogP) is 3.10. The molecule has 29 heavy (non-hydrogen) atoms. The van der Waals surface area contributed by atoms with Crippen LogP contribution in [0.4, 0.5) is 11.5 Å². The maximum atomic E-state index is 12.9. The Hall–Kier alpha value is -2.74. The molecule has 0 saturated heterocycles. The number of nitrogen functional groups attached to an aromatic ring is 1. The Labute approximate surface area is 174 Å². The first-order valence-electron chi connectivity index (χ1n) is 9.69. The highest BCUT2D eigenvalue weighted by atomic mass is 32.2. The number of nitrogens with one attached hydrogen (secondary N) is 1. The third-order valence-corrected chi connectivity index (χ3v) is 5.21. The number of nitrogens with zero attached hydrogens (tertiary/aromatic N) is 2. The molecule has 0 spiro atoms. The molecule has 0 fully saturated rings. The van der Waals surface area contributed by atoms with E-state index in [2.05, 4.69) is 4.98 Å². The van der Waals surface area contributed by atoms with Gasteiger partial charge < -0.3 is 10.6 Å². The second-order valence-electron chi connectivity index (χ2n) is 6.59. The van der Waals surface area contributed by atoms with E-state index in [4.69, 9.17) is 5.73 Å². The number of rotatable bonds is 9. The maximum absolute atomic E-state index is 12.9. The Kier molecular flexibility index (Phi) is 8.33. The standard InChI is InChI=1S/C21H28N4O3S/c1-4-6-14-24(17(26)12-9-15-7-10-16(29-3)11-8-15)18-19(22)25(13-5-2)21(28)23-20(18)27/h7-12H,4-6,13-14,22H2,1-3H3,(H,23,27,28)/b12-9+. The van der Waals surface area contributed by atoms with Gasteiger partial charge in [0.25, 0.3) is 11.5 Å². The molecule has 0 aliphatic heterocycles. The molecule has 0 aliphatic carbocycles. The molecule has 1 amide bonds. The lowest BCUT2D eigenvalue weighted by Gasteiger charge is -2.23. The van der Waals surface area contributed by atoms with Gasteiger partial charge in [0.15, 0.2) is 5.69 Å². The van der Waals surface area contributed by atoms with Crippen LogP contribution in [0.25, 0.3) is 6.08 Å². The third-order valence-electron chi connectivity index (χ3n) is 4.47. The van der Waals surface area contributed by atoms with Crippen LogP contribution in [0.1, 0.15) is 38.7 Å². The van der Waals surface area contributed by atoms with Crippen LogP contribution in [0, 0.1) is 0 Å². The Balaban J connectivity index is 2.41. The Morgan fingerprint density at radius 1 is 1.21 bits per heavy atom. The molecule has 0 aliphatic rings. The molecule has 3 N–H and O–H groups in total. The van der Waals surface area contributed by atoms with Gasteiger partial charge in [0.05, 0.1) is 0 Å². The van der Waals surface area contributed by atoms with Gasteiger partial charge in [-0.3, -0.25) is 19.1 Å². The van der Waals surface area contributed by atoms with E-state index in [9.17, 15) is 14.4 Å². The SMILES string of the molecule is CCCCN(C(=O)/C=C/c1ccc(SC)cc1)c1c(N)n(CCC)c(=O)[nH]c1=O. The molecule has 0 saturated carbocycles. The molecule has 8 heteroatoms. The number of carbonyl (C=O) groups is 1. The van der Waals surface area contributed by atoms with Gasteiger partial charge in [-0.25, -0.2) is 4.79 Å². The first kappa shape index (κ1) is 22.5. The summed E-state index contributed by atoms with van der Waals surface area (Å²) >= 11 is 1.64. The number of aromatic nitrogens is 2. The minimum Gasteiger partial charge on any atom is -0.383 e. The van der Waals surface area contributed by atoms with E-state index >= 15 is 0 Å². The summed E-state index contributed by atoms with van der Waals surface area (Å²) in [7, 11) is 0. The predicted molar refractivity (Wildman–Crippen MR) is 121 cm³/mol. The van der Waals surface area contributed by atoms with E-state index < -0.39 is 11.2 Å². The van der Waals surface area contributed by atoms with Crippen LogP contribution in [0.3, 0.4) is 0 Å². The van der Waals surface area contributed by atoms with Crippen LogP contribution in [0.15, 0.2) is 44.8 Å². The van der Waals surface area contributed by atoms with E-state index in [-0.39, 0.29) is 17.4 Å². The van der Waals surface area contributed by atoms with Crippen molar-refractivity contribution in [2.75, 3.05) is 23.4 Å². The second kappa shape index (κ2) is 10.7. The molecular weight excluding hydrogens is 388 g/mol. The highest BCUT2D eigenvalue weighted by molar-refractivity contribution is 7.98. The number of H-pyrrole nitrogens is 1. The molecule has 7 nitrogen and oxygen atoms in total. The highest BCUT2D eigenvalue weighted by Crippen LogP contribution is 2.19. The van der Waals surface area contributed by atoms with Crippen molar-refractivity contribution in [2.45, 2.75) is 44.6 Å². The molecule has 0 unspecified atom stereocenters. The molecule has 0 atom stereocenters. The topological polar surface area (TPSA) is 101 Å². The summed E-state index contributed by atoms with van der Waals surface area (Å²) in [5.74, 6) is -0.339. The Morgan fingerprint density at radius 2 is 1.90 bits per heavy atom. The number of anilines is 2. The lowest BCUT2D eigenvalue weighted by atomic mass is 10.2. The van der Waals surface area contributed by atoms with Crippen LogP contribution >= 0.6 is 11.8 Å². The summed E-state index contributed by atoms with van der Waals surface area (Å²) in [5.41, 5.74) is 5.83. The van der Waals surface area contributed by atoms with Gasteiger partial charge in [0, 0.05) is 24.1 Å². The van der Waals surface area contributed by atoms with Crippen molar-refractivity contribution in [2.24, 2.45) is 0 Å². The van der Waals surface area contributed by atoms with Gasteiger partial charge in [-0.05, 0) is 42.9 Å². The van der Waals surface area contributed by atoms with E-state index in [0.29, 0.717) is 25.9 Å². The molecular formula is C21H28N4O3S. The summed E-state index contributed by atoms with van der Waals surface area (Å²) in [5, 5.41) is 0. The van der Waals surface area contributed by atoms with Gasteiger partial charge in [-0.15, -0.1) is 11.8 Å². The fourth-order valence-corrected chi connectivity index (χ4v) is 3.31. The zero-order valence-corrected chi connectivity index (χ0v) is 17.9. The second-order valence-corrected chi connectivity index (χ2v) is 7.47. The number of benzene rings is 1. The third kappa shape index (κ3) is 5.63. The molecule has 2 rings (SSSR count). The zero-order valence-electron chi connectivity index (χ0n) is 17.1. The van der Waals surface area contributed by atoms with Crippen molar-refractivity contribution in [3.63, 3.8) is 0 Å². The van der Waals surface area contributed by atoms with Gasteiger partial charge >= 0.3 is 5.69 Å².